The molecule has 3 N–H and O–H groups in total. The normalized spacial score (nSPS) is 14.8. The Kier molecular flexibility index (Phi) is 5.49. The van der Waals surface area contributed by atoms with E-state index in [2.05, 4.69) is 5.32 Å². The number of hydrogen-bond acceptors (Lipinski definition) is 4. The van der Waals surface area contributed by atoms with Crippen LogP contribution in [0.4, 0.5) is 0 Å². The summed E-state index contributed by atoms with van der Waals surface area (Å²) in [5, 5.41) is 20.0. The number of rotatable bonds is 7. The minimum absolute atomic E-state index is 0.0726. The molecule has 0 aromatic heterocycles. The van der Waals surface area contributed by atoms with E-state index in [-0.39, 0.29) is 5.82 Å². The maximum Gasteiger partial charge on any atom is 0.303 e. The van der Waals surface area contributed by atoms with Crippen LogP contribution in [0.25, 0.3) is 0 Å². The zero-order chi connectivity index (χ0) is 12.1. The Hall–Kier alpha value is -0.385. The van der Waals surface area contributed by atoms with E-state index in [0.717, 1.165) is 0 Å². The van der Waals surface area contributed by atoms with E-state index in [4.69, 9.17) is 10.1 Å². The largest absolute Gasteiger partial charge is 0.432 e. The maximum atomic E-state index is 9.84. The van der Waals surface area contributed by atoms with Gasteiger partial charge < -0.3 is 20.5 Å². The predicted molar refractivity (Wildman–Crippen MR) is 63.7 cm³/mol. The second-order valence-corrected chi connectivity index (χ2v) is 4.71. The average Bonchev–Trinajstić information content (AvgIpc) is 2.10. The van der Waals surface area contributed by atoms with E-state index >= 15 is 0 Å². The quantitative estimate of drug-likeness (QED) is 0.433. The molecule has 15 heavy (non-hydrogen) atoms. The monoisotopic (exact) mass is 213 g/mol. The summed E-state index contributed by atoms with van der Waals surface area (Å²) in [5.74, 6) is -0.0726. The Labute approximate surface area is 93.2 Å². The molecule has 87 valence electrons. The van der Waals surface area contributed by atoms with E-state index < -0.39 is 11.2 Å². The molecule has 0 aliphatic rings. The van der Waals surface area contributed by atoms with Crippen molar-refractivity contribution in [3.8, 4) is 0 Å². The molecule has 0 rings (SSSR count). The predicted octanol–water partition coefficient (Wildman–Crippen LogP) is 0.829. The van der Waals surface area contributed by atoms with Crippen molar-refractivity contribution < 1.29 is 9.76 Å². The molecule has 0 aliphatic heterocycles. The summed E-state index contributed by atoms with van der Waals surface area (Å²) < 4.78 is 5.53. The fraction of sp³-hybridized carbons (Fsp3) is 0.900. The molecule has 0 saturated carbocycles. The van der Waals surface area contributed by atoms with Crippen LogP contribution in [-0.2, 0) is 4.65 Å². The van der Waals surface area contributed by atoms with Crippen LogP contribution >= 0.6 is 0 Å². The molecule has 0 fully saturated rings. The number of aliphatic hydroxyl groups is 1. The van der Waals surface area contributed by atoms with Gasteiger partial charge in [0.25, 0.3) is 0 Å². The topological polar surface area (TPSA) is 65.3 Å². The highest BCUT2D eigenvalue weighted by Gasteiger charge is 2.36. The maximum absolute atomic E-state index is 9.84. The molecule has 1 radical (unpaired) electrons. The SMILES string of the molecule is CNC[C@@H]([B]OC(C)(C)C(C)(C)O)C=N. The van der Waals surface area contributed by atoms with Crippen LogP contribution in [0.1, 0.15) is 27.7 Å². The van der Waals surface area contributed by atoms with Crippen molar-refractivity contribution >= 4 is 13.7 Å². The van der Waals surface area contributed by atoms with Crippen molar-refractivity contribution in [3.63, 3.8) is 0 Å². The number of hydrogen-bond donors (Lipinski definition) is 3. The molecule has 0 aromatic carbocycles. The average molecular weight is 213 g/mol. The van der Waals surface area contributed by atoms with Crippen molar-refractivity contribution in [2.45, 2.75) is 44.7 Å². The summed E-state index contributed by atoms with van der Waals surface area (Å²) in [5.41, 5.74) is -1.59. The third-order valence-electron chi connectivity index (χ3n) is 2.66. The van der Waals surface area contributed by atoms with Gasteiger partial charge in [-0.15, -0.1) is 0 Å². The lowest BCUT2D eigenvalue weighted by Crippen LogP contribution is -2.48. The number of nitrogens with one attached hydrogen (secondary N) is 2. The van der Waals surface area contributed by atoms with Gasteiger partial charge in [0.05, 0.1) is 11.2 Å². The Balaban J connectivity index is 4.18. The Morgan fingerprint density at radius 2 is 2.00 bits per heavy atom. The van der Waals surface area contributed by atoms with Crippen LogP contribution in [-0.4, -0.2) is 43.6 Å². The molecule has 0 heterocycles. The van der Waals surface area contributed by atoms with Crippen LogP contribution in [0.2, 0.25) is 5.82 Å². The van der Waals surface area contributed by atoms with Gasteiger partial charge in [0.2, 0.25) is 0 Å². The van der Waals surface area contributed by atoms with Crippen LogP contribution in [0, 0.1) is 5.41 Å². The van der Waals surface area contributed by atoms with Crippen molar-refractivity contribution in [2.75, 3.05) is 13.6 Å². The summed E-state index contributed by atoms with van der Waals surface area (Å²) >= 11 is 0. The first-order valence-electron chi connectivity index (χ1n) is 5.13. The second-order valence-electron chi connectivity index (χ2n) is 4.71. The highest BCUT2D eigenvalue weighted by atomic mass is 16.5. The zero-order valence-corrected chi connectivity index (χ0v) is 10.3. The minimum Gasteiger partial charge on any atom is -0.432 e. The molecular weight excluding hydrogens is 191 g/mol. The third-order valence-corrected chi connectivity index (χ3v) is 2.66. The lowest BCUT2D eigenvalue weighted by Gasteiger charge is -2.38. The minimum atomic E-state index is -0.921. The van der Waals surface area contributed by atoms with Gasteiger partial charge in [0, 0.05) is 5.82 Å². The summed E-state index contributed by atoms with van der Waals surface area (Å²) in [6.45, 7) is 7.72. The van der Waals surface area contributed by atoms with Crippen molar-refractivity contribution in [3.05, 3.63) is 0 Å². The first-order chi connectivity index (χ1) is 6.74. The van der Waals surface area contributed by atoms with Gasteiger partial charge in [0.1, 0.15) is 0 Å². The first kappa shape index (κ1) is 14.6. The Bertz CT molecular complexity index is 202. The molecule has 1 atom stereocenters. The lowest BCUT2D eigenvalue weighted by atomic mass is 9.78. The van der Waals surface area contributed by atoms with Crippen LogP contribution in [0.3, 0.4) is 0 Å². The highest BCUT2D eigenvalue weighted by molar-refractivity contribution is 6.35. The summed E-state index contributed by atoms with van der Waals surface area (Å²) in [4.78, 5) is 0. The van der Waals surface area contributed by atoms with Crippen molar-refractivity contribution in [1.29, 1.82) is 5.41 Å². The van der Waals surface area contributed by atoms with E-state index in [1.807, 2.05) is 20.9 Å². The summed E-state index contributed by atoms with van der Waals surface area (Å²) in [7, 11) is 3.42. The smallest absolute Gasteiger partial charge is 0.303 e. The molecule has 5 heteroatoms. The third kappa shape index (κ3) is 4.77. The van der Waals surface area contributed by atoms with E-state index in [1.54, 1.807) is 21.3 Å². The molecule has 0 bridgehead atoms. The standard InChI is InChI=1S/C10H22BN2O2/c1-9(2,14)10(3,4)15-11-8(6-12)7-13-5/h6,8,12-14H,7H2,1-5H3/t8-/m0/s1. The highest BCUT2D eigenvalue weighted by Crippen LogP contribution is 2.25. The molecule has 0 unspecified atom stereocenters. The fourth-order valence-electron chi connectivity index (χ4n) is 0.784. The first-order valence-corrected chi connectivity index (χ1v) is 5.13. The Morgan fingerprint density at radius 3 is 2.33 bits per heavy atom. The lowest BCUT2D eigenvalue weighted by molar-refractivity contribution is -0.0906. The van der Waals surface area contributed by atoms with Gasteiger partial charge in [-0.05, 0) is 47.5 Å². The molecule has 0 aliphatic carbocycles. The van der Waals surface area contributed by atoms with Gasteiger partial charge in [-0.25, -0.2) is 0 Å². The van der Waals surface area contributed by atoms with Gasteiger partial charge in [0.15, 0.2) is 0 Å². The van der Waals surface area contributed by atoms with Gasteiger partial charge in [-0.3, -0.25) is 0 Å². The van der Waals surface area contributed by atoms with E-state index in [1.165, 1.54) is 6.21 Å². The van der Waals surface area contributed by atoms with Crippen molar-refractivity contribution in [2.24, 2.45) is 0 Å². The van der Waals surface area contributed by atoms with Crippen LogP contribution in [0.5, 0.6) is 0 Å². The molecule has 4 nitrogen and oxygen atoms in total. The van der Waals surface area contributed by atoms with Gasteiger partial charge in [-0.1, -0.05) is 0 Å². The molecule has 0 spiro atoms. The fourth-order valence-corrected chi connectivity index (χ4v) is 0.784. The molecular formula is C10H22BN2O2. The molecule has 0 amide bonds. The second kappa shape index (κ2) is 5.63. The van der Waals surface area contributed by atoms with Crippen molar-refractivity contribution in [1.82, 2.24) is 5.32 Å². The summed E-state index contributed by atoms with van der Waals surface area (Å²) in [6, 6.07) is 0. The summed E-state index contributed by atoms with van der Waals surface area (Å²) in [6.07, 6.45) is 1.32. The van der Waals surface area contributed by atoms with E-state index in [9.17, 15) is 5.11 Å². The van der Waals surface area contributed by atoms with Gasteiger partial charge in [-0.2, -0.15) is 0 Å². The molecule has 0 aromatic rings. The Morgan fingerprint density at radius 1 is 1.47 bits per heavy atom. The van der Waals surface area contributed by atoms with Crippen LogP contribution in [0.15, 0.2) is 0 Å². The molecule has 0 saturated heterocycles. The van der Waals surface area contributed by atoms with Crippen LogP contribution < -0.4 is 5.32 Å². The van der Waals surface area contributed by atoms with Gasteiger partial charge >= 0.3 is 7.48 Å². The zero-order valence-electron chi connectivity index (χ0n) is 10.3. The van der Waals surface area contributed by atoms with E-state index in [0.29, 0.717) is 6.54 Å².